The molecule has 1 amide bonds. The molecule has 0 aliphatic heterocycles. The molecule has 1 aromatic carbocycles. The van der Waals surface area contributed by atoms with E-state index in [1.54, 1.807) is 6.07 Å². The molecule has 6 heteroatoms. The van der Waals surface area contributed by atoms with E-state index in [1.807, 2.05) is 0 Å². The van der Waals surface area contributed by atoms with Gasteiger partial charge in [-0.05, 0) is 13.0 Å². The SMILES string of the molecule is CC[N+](C)(C)CCNC(=O)c1cc(Cl)c(N)cc1OC. The number of ether oxygens (including phenoxy) is 1. The molecule has 0 bridgehead atoms. The number of hydrogen-bond donors (Lipinski definition) is 2. The molecule has 0 aliphatic rings. The molecule has 112 valence electrons. The van der Waals surface area contributed by atoms with Crippen LogP contribution in [0.25, 0.3) is 0 Å². The fourth-order valence-electron chi connectivity index (χ4n) is 1.64. The quantitative estimate of drug-likeness (QED) is 0.621. The number of nitrogen functional groups attached to an aromatic ring is 1. The summed E-state index contributed by atoms with van der Waals surface area (Å²) in [6.45, 7) is 4.57. The van der Waals surface area contributed by atoms with Crippen molar-refractivity contribution in [2.75, 3.05) is 46.6 Å². The van der Waals surface area contributed by atoms with Crippen molar-refractivity contribution in [1.82, 2.24) is 5.32 Å². The number of hydrogen-bond acceptors (Lipinski definition) is 3. The molecule has 0 saturated heterocycles. The van der Waals surface area contributed by atoms with Crippen LogP contribution < -0.4 is 15.8 Å². The number of nitrogens with zero attached hydrogens (tertiary/aromatic N) is 1. The lowest BCUT2D eigenvalue weighted by atomic mass is 10.1. The Morgan fingerprint density at radius 1 is 1.45 bits per heavy atom. The summed E-state index contributed by atoms with van der Waals surface area (Å²) in [4.78, 5) is 12.2. The van der Waals surface area contributed by atoms with E-state index in [4.69, 9.17) is 22.1 Å². The summed E-state index contributed by atoms with van der Waals surface area (Å²) in [5.74, 6) is 0.216. The minimum atomic E-state index is -0.208. The van der Waals surface area contributed by atoms with E-state index in [0.717, 1.165) is 17.6 Å². The number of nitrogens with two attached hydrogens (primary N) is 1. The highest BCUT2D eigenvalue weighted by atomic mass is 35.5. The third-order valence-electron chi connectivity index (χ3n) is 3.42. The van der Waals surface area contributed by atoms with E-state index in [-0.39, 0.29) is 5.91 Å². The fraction of sp³-hybridized carbons (Fsp3) is 0.500. The number of rotatable bonds is 6. The first-order valence-electron chi connectivity index (χ1n) is 6.54. The Bertz CT molecular complexity index is 490. The summed E-state index contributed by atoms with van der Waals surface area (Å²) in [7, 11) is 5.73. The molecule has 5 nitrogen and oxygen atoms in total. The summed E-state index contributed by atoms with van der Waals surface area (Å²) in [5, 5.41) is 3.22. The Morgan fingerprint density at radius 2 is 2.10 bits per heavy atom. The van der Waals surface area contributed by atoms with Gasteiger partial charge in [0.1, 0.15) is 5.75 Å². The Balaban J connectivity index is 2.75. The maximum absolute atomic E-state index is 12.2. The number of carbonyl (C=O) groups is 1. The molecule has 0 radical (unpaired) electrons. The van der Waals surface area contributed by atoms with Gasteiger partial charge in [-0.15, -0.1) is 0 Å². The van der Waals surface area contributed by atoms with Gasteiger partial charge in [0.15, 0.2) is 0 Å². The van der Waals surface area contributed by atoms with E-state index in [9.17, 15) is 4.79 Å². The lowest BCUT2D eigenvalue weighted by molar-refractivity contribution is -0.887. The Kier molecular flexibility index (Phi) is 5.65. The summed E-state index contributed by atoms with van der Waals surface area (Å²) in [6, 6.07) is 3.09. The van der Waals surface area contributed by atoms with Crippen LogP contribution in [-0.2, 0) is 0 Å². The van der Waals surface area contributed by atoms with Crippen molar-refractivity contribution in [2.45, 2.75) is 6.92 Å². The first-order valence-corrected chi connectivity index (χ1v) is 6.91. The third kappa shape index (κ3) is 4.28. The van der Waals surface area contributed by atoms with Crippen molar-refractivity contribution in [3.05, 3.63) is 22.7 Å². The second-order valence-corrected chi connectivity index (χ2v) is 5.71. The first-order chi connectivity index (χ1) is 9.30. The van der Waals surface area contributed by atoms with Crippen LogP contribution in [0, 0.1) is 0 Å². The van der Waals surface area contributed by atoms with E-state index < -0.39 is 0 Å². The molecule has 20 heavy (non-hydrogen) atoms. The Labute approximate surface area is 125 Å². The second-order valence-electron chi connectivity index (χ2n) is 5.31. The summed E-state index contributed by atoms with van der Waals surface area (Å²) >= 11 is 5.95. The minimum absolute atomic E-state index is 0.208. The number of methoxy groups -OCH3 is 1. The zero-order valence-electron chi connectivity index (χ0n) is 12.5. The van der Waals surface area contributed by atoms with Crippen molar-refractivity contribution in [1.29, 1.82) is 0 Å². The second kappa shape index (κ2) is 6.81. The molecule has 0 aromatic heterocycles. The normalized spacial score (nSPS) is 11.2. The van der Waals surface area contributed by atoms with Crippen LogP contribution in [0.3, 0.4) is 0 Å². The fourth-order valence-corrected chi connectivity index (χ4v) is 1.80. The van der Waals surface area contributed by atoms with Crippen molar-refractivity contribution in [3.63, 3.8) is 0 Å². The van der Waals surface area contributed by atoms with E-state index in [2.05, 4.69) is 26.3 Å². The highest BCUT2D eigenvalue weighted by Crippen LogP contribution is 2.28. The van der Waals surface area contributed by atoms with Crippen LogP contribution in [0.5, 0.6) is 5.75 Å². The number of benzene rings is 1. The summed E-state index contributed by atoms with van der Waals surface area (Å²) < 4.78 is 6.01. The van der Waals surface area contributed by atoms with Crippen LogP contribution in [0.2, 0.25) is 5.02 Å². The highest BCUT2D eigenvalue weighted by molar-refractivity contribution is 6.33. The maximum Gasteiger partial charge on any atom is 0.255 e. The number of halogens is 1. The third-order valence-corrected chi connectivity index (χ3v) is 3.75. The average molecular weight is 301 g/mol. The van der Waals surface area contributed by atoms with Gasteiger partial charge in [-0.25, -0.2) is 0 Å². The van der Waals surface area contributed by atoms with Gasteiger partial charge in [0, 0.05) is 6.07 Å². The molecule has 0 aliphatic carbocycles. The highest BCUT2D eigenvalue weighted by Gasteiger charge is 2.16. The Hall–Kier alpha value is -1.46. The first kappa shape index (κ1) is 16.6. The van der Waals surface area contributed by atoms with Crippen LogP contribution in [0.1, 0.15) is 17.3 Å². The summed E-state index contributed by atoms with van der Waals surface area (Å²) in [5.41, 5.74) is 6.48. The molecule has 0 heterocycles. The number of likely N-dealkylation sites (N-methyl/N-ethyl adjacent to an activating group) is 1. The van der Waals surface area contributed by atoms with Crippen molar-refractivity contribution >= 4 is 23.2 Å². The number of amides is 1. The molecule has 1 rings (SSSR count). The van der Waals surface area contributed by atoms with Gasteiger partial charge in [0.25, 0.3) is 5.91 Å². The zero-order valence-corrected chi connectivity index (χ0v) is 13.3. The van der Waals surface area contributed by atoms with Gasteiger partial charge >= 0.3 is 0 Å². The molecular weight excluding hydrogens is 278 g/mol. The number of quaternary nitrogens is 1. The predicted octanol–water partition coefficient (Wildman–Crippen LogP) is 1.76. The summed E-state index contributed by atoms with van der Waals surface area (Å²) in [6.07, 6.45) is 0. The molecule has 0 fully saturated rings. The molecule has 0 saturated carbocycles. The van der Waals surface area contributed by atoms with Gasteiger partial charge in [0.05, 0.1) is 57.1 Å². The van der Waals surface area contributed by atoms with E-state index in [1.165, 1.54) is 13.2 Å². The molecular formula is C14H23ClN3O2+. The van der Waals surface area contributed by atoms with Crippen LogP contribution in [0.4, 0.5) is 5.69 Å². The Morgan fingerprint density at radius 3 is 2.65 bits per heavy atom. The monoisotopic (exact) mass is 300 g/mol. The van der Waals surface area contributed by atoms with Gasteiger partial charge in [-0.2, -0.15) is 0 Å². The lowest BCUT2D eigenvalue weighted by Gasteiger charge is -2.28. The number of anilines is 1. The lowest BCUT2D eigenvalue weighted by Crippen LogP contribution is -2.45. The van der Waals surface area contributed by atoms with Crippen LogP contribution >= 0.6 is 11.6 Å². The zero-order chi connectivity index (χ0) is 15.3. The van der Waals surface area contributed by atoms with Gasteiger partial charge in [-0.3, -0.25) is 4.79 Å². The number of nitrogens with one attached hydrogen (secondary N) is 1. The van der Waals surface area contributed by atoms with Crippen molar-refractivity contribution < 1.29 is 14.0 Å². The van der Waals surface area contributed by atoms with Gasteiger partial charge in [0.2, 0.25) is 0 Å². The largest absolute Gasteiger partial charge is 0.496 e. The van der Waals surface area contributed by atoms with Crippen molar-refractivity contribution in [3.8, 4) is 5.75 Å². The van der Waals surface area contributed by atoms with Crippen LogP contribution in [0.15, 0.2) is 12.1 Å². The van der Waals surface area contributed by atoms with E-state index >= 15 is 0 Å². The average Bonchev–Trinajstić information content (AvgIpc) is 2.41. The predicted molar refractivity (Wildman–Crippen MR) is 82.3 cm³/mol. The van der Waals surface area contributed by atoms with E-state index in [0.29, 0.717) is 28.6 Å². The molecule has 3 N–H and O–H groups in total. The minimum Gasteiger partial charge on any atom is -0.496 e. The number of carbonyl (C=O) groups excluding carboxylic acids is 1. The molecule has 1 aromatic rings. The molecule has 0 spiro atoms. The maximum atomic E-state index is 12.2. The van der Waals surface area contributed by atoms with Crippen LogP contribution in [-0.4, -0.2) is 51.2 Å². The molecule has 0 unspecified atom stereocenters. The van der Waals surface area contributed by atoms with Gasteiger partial charge < -0.3 is 20.3 Å². The topological polar surface area (TPSA) is 64.4 Å². The van der Waals surface area contributed by atoms with Gasteiger partial charge in [-0.1, -0.05) is 11.6 Å². The standard InChI is InChI=1S/C14H22ClN3O2/c1-5-18(2,3)7-6-17-14(19)10-8-11(15)12(16)9-13(10)20-4/h8-9H,5-7H2,1-4H3,(H2-,16,17,19)/p+1. The molecule has 0 atom stereocenters. The smallest absolute Gasteiger partial charge is 0.255 e. The van der Waals surface area contributed by atoms with Crippen molar-refractivity contribution in [2.24, 2.45) is 0 Å².